The summed E-state index contributed by atoms with van der Waals surface area (Å²) in [7, 11) is 0. The predicted octanol–water partition coefficient (Wildman–Crippen LogP) is 2.44. The average molecular weight is 263 g/mol. The Morgan fingerprint density at radius 3 is 2.58 bits per heavy atom. The van der Waals surface area contributed by atoms with E-state index >= 15 is 0 Å². The Bertz CT molecular complexity index is 466. The number of aryl methyl sites for hydroxylation is 1. The molecular weight excluding hydrogens is 242 g/mol. The van der Waals surface area contributed by atoms with Crippen LogP contribution in [0, 0.1) is 12.8 Å². The van der Waals surface area contributed by atoms with E-state index < -0.39 is 0 Å². The smallest absolute Gasteiger partial charge is 0.308 e. The highest BCUT2D eigenvalue weighted by molar-refractivity contribution is 5.98. The van der Waals surface area contributed by atoms with Crippen LogP contribution in [-0.4, -0.2) is 18.5 Å². The monoisotopic (exact) mass is 263 g/mol. The number of hydrogen-bond donors (Lipinski definition) is 1. The van der Waals surface area contributed by atoms with E-state index in [2.05, 4.69) is 10.1 Å². The largest absolute Gasteiger partial charge is 0.466 e. The number of hydrogen-bond acceptors (Lipinski definition) is 3. The number of amides is 1. The first-order valence-electron chi connectivity index (χ1n) is 6.50. The molecule has 0 radical (unpaired) electrons. The van der Waals surface area contributed by atoms with Crippen molar-refractivity contribution in [3.05, 3.63) is 34.9 Å². The molecule has 1 N–H and O–H groups in total. The van der Waals surface area contributed by atoms with Crippen LogP contribution in [0.3, 0.4) is 0 Å². The third-order valence-corrected chi connectivity index (χ3v) is 2.84. The van der Waals surface area contributed by atoms with Crippen LogP contribution in [-0.2, 0) is 16.1 Å². The molecule has 104 valence electrons. The van der Waals surface area contributed by atoms with Gasteiger partial charge in [0.15, 0.2) is 0 Å². The molecule has 1 heterocycles. The third kappa shape index (κ3) is 4.09. The molecular formula is C15H21NO3. The van der Waals surface area contributed by atoms with Crippen LogP contribution in [0.5, 0.6) is 0 Å². The first-order valence-corrected chi connectivity index (χ1v) is 6.50. The molecule has 1 amide bonds. The van der Waals surface area contributed by atoms with Gasteiger partial charge in [-0.1, -0.05) is 26.0 Å². The Hall–Kier alpha value is -1.84. The van der Waals surface area contributed by atoms with E-state index in [9.17, 15) is 9.59 Å². The minimum Gasteiger partial charge on any atom is -0.466 e. The molecule has 4 heteroatoms. The van der Waals surface area contributed by atoms with Crippen LogP contribution in [0.4, 0.5) is 0 Å². The van der Waals surface area contributed by atoms with Gasteiger partial charge in [0.05, 0.1) is 12.5 Å². The minimum atomic E-state index is -0.118. The van der Waals surface area contributed by atoms with Crippen LogP contribution in [0.25, 0.3) is 0 Å². The molecule has 0 saturated heterocycles. The molecule has 0 unspecified atom stereocenters. The Labute approximate surface area is 114 Å². The van der Waals surface area contributed by atoms with Crippen molar-refractivity contribution in [3.63, 3.8) is 0 Å². The molecule has 1 aliphatic heterocycles. The van der Waals surface area contributed by atoms with Gasteiger partial charge in [0.1, 0.15) is 0 Å². The molecule has 19 heavy (non-hydrogen) atoms. The number of fused-ring (bicyclic) bond motifs is 1. The van der Waals surface area contributed by atoms with Gasteiger partial charge in [-0.15, -0.1) is 0 Å². The highest BCUT2D eigenvalue weighted by Crippen LogP contribution is 2.18. The summed E-state index contributed by atoms with van der Waals surface area (Å²) in [6.45, 7) is 8.65. The van der Waals surface area contributed by atoms with Crippen LogP contribution in [0.15, 0.2) is 18.2 Å². The van der Waals surface area contributed by atoms with Gasteiger partial charge in [-0.3, -0.25) is 9.59 Å². The van der Waals surface area contributed by atoms with Gasteiger partial charge in [0.25, 0.3) is 5.91 Å². The fourth-order valence-corrected chi connectivity index (χ4v) is 1.72. The lowest BCUT2D eigenvalue weighted by Crippen LogP contribution is -2.12. The van der Waals surface area contributed by atoms with E-state index in [4.69, 9.17) is 0 Å². The van der Waals surface area contributed by atoms with E-state index in [1.54, 1.807) is 6.92 Å². The van der Waals surface area contributed by atoms with Crippen LogP contribution >= 0.6 is 0 Å². The number of rotatable bonds is 2. The summed E-state index contributed by atoms with van der Waals surface area (Å²) in [6, 6.07) is 5.81. The summed E-state index contributed by atoms with van der Waals surface area (Å²) in [6.07, 6.45) is 0. The summed E-state index contributed by atoms with van der Waals surface area (Å²) in [4.78, 5) is 21.6. The minimum absolute atomic E-state index is 0.00921. The molecule has 1 aromatic carbocycles. The highest BCUT2D eigenvalue weighted by Gasteiger charge is 2.18. The van der Waals surface area contributed by atoms with Crippen molar-refractivity contribution in [1.29, 1.82) is 0 Å². The lowest BCUT2D eigenvalue weighted by molar-refractivity contribution is -0.146. The second kappa shape index (κ2) is 6.92. The van der Waals surface area contributed by atoms with Gasteiger partial charge >= 0.3 is 5.97 Å². The molecule has 0 bridgehead atoms. The maximum absolute atomic E-state index is 11.1. The fourth-order valence-electron chi connectivity index (χ4n) is 1.72. The van der Waals surface area contributed by atoms with Gasteiger partial charge < -0.3 is 10.1 Å². The van der Waals surface area contributed by atoms with E-state index in [1.807, 2.05) is 39.0 Å². The maximum atomic E-state index is 11.1. The number of carbonyl (C=O) groups is 2. The van der Waals surface area contributed by atoms with Gasteiger partial charge in [-0.05, 0) is 31.0 Å². The molecule has 2 rings (SSSR count). The normalized spacial score (nSPS) is 12.4. The Balaban J connectivity index is 0.000000203. The first-order chi connectivity index (χ1) is 8.97. The van der Waals surface area contributed by atoms with E-state index in [0.29, 0.717) is 13.2 Å². The zero-order valence-corrected chi connectivity index (χ0v) is 11.9. The van der Waals surface area contributed by atoms with Crippen molar-refractivity contribution in [2.24, 2.45) is 5.92 Å². The van der Waals surface area contributed by atoms with Gasteiger partial charge in [0.2, 0.25) is 0 Å². The summed E-state index contributed by atoms with van der Waals surface area (Å²) in [5.74, 6) is -0.0499. The highest BCUT2D eigenvalue weighted by atomic mass is 16.5. The first kappa shape index (κ1) is 15.2. The van der Waals surface area contributed by atoms with Crippen LogP contribution in [0.2, 0.25) is 0 Å². The maximum Gasteiger partial charge on any atom is 0.308 e. The molecule has 4 nitrogen and oxygen atoms in total. The second-order valence-electron chi connectivity index (χ2n) is 4.69. The summed E-state index contributed by atoms with van der Waals surface area (Å²) in [5, 5.41) is 2.79. The predicted molar refractivity (Wildman–Crippen MR) is 73.8 cm³/mol. The van der Waals surface area contributed by atoms with Crippen molar-refractivity contribution in [1.82, 2.24) is 5.32 Å². The Morgan fingerprint density at radius 1 is 1.42 bits per heavy atom. The van der Waals surface area contributed by atoms with Gasteiger partial charge in [-0.2, -0.15) is 0 Å². The summed E-state index contributed by atoms with van der Waals surface area (Å²) < 4.78 is 4.66. The molecule has 0 aliphatic carbocycles. The zero-order chi connectivity index (χ0) is 14.4. The average Bonchev–Trinajstić information content (AvgIpc) is 2.74. The lowest BCUT2D eigenvalue weighted by Gasteiger charge is -2.01. The Kier molecular flexibility index (Phi) is 5.55. The molecule has 1 aliphatic rings. The summed E-state index contributed by atoms with van der Waals surface area (Å²) >= 11 is 0. The topological polar surface area (TPSA) is 55.4 Å². The lowest BCUT2D eigenvalue weighted by atomic mass is 10.1. The van der Waals surface area contributed by atoms with Crippen molar-refractivity contribution in [3.8, 4) is 0 Å². The van der Waals surface area contributed by atoms with Crippen molar-refractivity contribution in [2.75, 3.05) is 6.61 Å². The number of ether oxygens (including phenoxy) is 1. The molecule has 0 saturated carbocycles. The quantitative estimate of drug-likeness (QED) is 0.834. The molecule has 0 atom stereocenters. The van der Waals surface area contributed by atoms with Gasteiger partial charge in [0, 0.05) is 12.1 Å². The number of benzene rings is 1. The van der Waals surface area contributed by atoms with Crippen LogP contribution < -0.4 is 5.32 Å². The van der Waals surface area contributed by atoms with Crippen molar-refractivity contribution < 1.29 is 14.3 Å². The van der Waals surface area contributed by atoms with Crippen LogP contribution in [0.1, 0.15) is 42.3 Å². The molecule has 0 aromatic heterocycles. The van der Waals surface area contributed by atoms with Gasteiger partial charge in [-0.25, -0.2) is 0 Å². The van der Waals surface area contributed by atoms with Crippen molar-refractivity contribution >= 4 is 11.9 Å². The number of esters is 1. The fraction of sp³-hybridized carbons (Fsp3) is 0.467. The Morgan fingerprint density at radius 2 is 2.11 bits per heavy atom. The van der Waals surface area contributed by atoms with E-state index in [0.717, 1.165) is 11.1 Å². The molecule has 0 spiro atoms. The standard InChI is InChI=1S/C9H9NO.C6H12O2/c1-6-3-2-4-7-8(6)5-10-9(7)11;1-4-8-6(7)5(2)3/h2-4H,5H2,1H3,(H,10,11);5H,4H2,1-3H3. The summed E-state index contributed by atoms with van der Waals surface area (Å²) in [5.41, 5.74) is 3.18. The SMILES string of the molecule is CCOC(=O)C(C)C.Cc1cccc2c1CNC2=O. The number of nitrogens with one attached hydrogen (secondary N) is 1. The molecule has 1 aromatic rings. The molecule has 0 fully saturated rings. The second-order valence-corrected chi connectivity index (χ2v) is 4.69. The van der Waals surface area contributed by atoms with Crippen molar-refractivity contribution in [2.45, 2.75) is 34.2 Å². The zero-order valence-electron chi connectivity index (χ0n) is 11.9. The van der Waals surface area contributed by atoms with E-state index in [-0.39, 0.29) is 17.8 Å². The number of carbonyl (C=O) groups excluding carboxylic acids is 2. The third-order valence-electron chi connectivity index (χ3n) is 2.84. The van der Waals surface area contributed by atoms with E-state index in [1.165, 1.54) is 5.56 Å².